The van der Waals surface area contributed by atoms with E-state index in [1.54, 1.807) is 25.1 Å². The Bertz CT molecular complexity index is 1320. The summed E-state index contributed by atoms with van der Waals surface area (Å²) < 4.78 is 14.7. The Morgan fingerprint density at radius 3 is 2.58 bits per heavy atom. The summed E-state index contributed by atoms with van der Waals surface area (Å²) in [6.07, 6.45) is 3.54. The van der Waals surface area contributed by atoms with Crippen LogP contribution in [0.1, 0.15) is 41.4 Å². The van der Waals surface area contributed by atoms with Crippen LogP contribution in [0, 0.1) is 6.92 Å². The fourth-order valence-electron chi connectivity index (χ4n) is 3.64. The summed E-state index contributed by atoms with van der Waals surface area (Å²) in [5, 5.41) is 14.4. The second-order valence-electron chi connectivity index (χ2n) is 8.28. The number of hydrogen-bond donors (Lipinski definition) is 0. The number of thioether (sulfide) groups is 1. The Morgan fingerprint density at radius 1 is 1.03 bits per heavy atom. The van der Waals surface area contributed by atoms with Crippen molar-refractivity contribution in [3.63, 3.8) is 0 Å². The zero-order valence-electron chi connectivity index (χ0n) is 20.6. The lowest BCUT2D eigenvalue weighted by Gasteiger charge is -2.13. The van der Waals surface area contributed by atoms with Crippen LogP contribution in [-0.2, 0) is 18.8 Å². The molecule has 0 fully saturated rings. The predicted octanol–water partition coefficient (Wildman–Crippen LogP) is 7.06. The quantitative estimate of drug-likeness (QED) is 0.144. The van der Waals surface area contributed by atoms with Gasteiger partial charge >= 0.3 is 0 Å². The molecule has 0 saturated heterocycles. The standard InChI is InChI=1S/C28H29BrN4O2S/c1-4-7-26-31-32-28(36-19-21-12-14-24(29)15-13-21)33(26)30-17-23-10-6-11-25(34-3)27(23)35-18-22-9-5-8-20(2)16-22/h5-6,8-17H,4,7,18-19H2,1-3H3/b30-17+. The first kappa shape index (κ1) is 26.0. The molecule has 36 heavy (non-hydrogen) atoms. The van der Waals surface area contributed by atoms with E-state index in [0.29, 0.717) is 18.1 Å². The number of rotatable bonds is 11. The lowest BCUT2D eigenvalue weighted by molar-refractivity contribution is 0.284. The molecule has 3 aromatic carbocycles. The fourth-order valence-corrected chi connectivity index (χ4v) is 4.76. The molecule has 1 aromatic heterocycles. The van der Waals surface area contributed by atoms with Crippen molar-refractivity contribution in [3.8, 4) is 11.5 Å². The molecule has 0 unspecified atom stereocenters. The van der Waals surface area contributed by atoms with E-state index in [2.05, 4.69) is 70.3 Å². The van der Waals surface area contributed by atoms with E-state index in [0.717, 1.165) is 45.2 Å². The summed E-state index contributed by atoms with van der Waals surface area (Å²) in [4.78, 5) is 0. The van der Waals surface area contributed by atoms with Crippen molar-refractivity contribution in [2.75, 3.05) is 7.11 Å². The van der Waals surface area contributed by atoms with Gasteiger partial charge < -0.3 is 9.47 Å². The highest BCUT2D eigenvalue weighted by atomic mass is 79.9. The second kappa shape index (κ2) is 12.7. The molecular formula is C28H29BrN4O2S. The summed E-state index contributed by atoms with van der Waals surface area (Å²) in [5.41, 5.74) is 4.32. The molecule has 4 rings (SSSR count). The molecule has 0 radical (unpaired) electrons. The Morgan fingerprint density at radius 2 is 1.83 bits per heavy atom. The van der Waals surface area contributed by atoms with Crippen LogP contribution in [0.4, 0.5) is 0 Å². The molecule has 8 heteroatoms. The van der Waals surface area contributed by atoms with Gasteiger partial charge in [0.2, 0.25) is 5.16 Å². The zero-order valence-corrected chi connectivity index (χ0v) is 23.1. The van der Waals surface area contributed by atoms with Crippen LogP contribution in [0.2, 0.25) is 0 Å². The van der Waals surface area contributed by atoms with Crippen LogP contribution in [0.15, 0.2) is 81.5 Å². The first-order valence-electron chi connectivity index (χ1n) is 11.8. The van der Waals surface area contributed by atoms with Gasteiger partial charge in [0.25, 0.3) is 0 Å². The number of methoxy groups -OCH3 is 1. The monoisotopic (exact) mass is 564 g/mol. The van der Waals surface area contributed by atoms with Crippen LogP contribution in [0.25, 0.3) is 0 Å². The van der Waals surface area contributed by atoms with Crippen molar-refractivity contribution in [1.82, 2.24) is 14.9 Å². The van der Waals surface area contributed by atoms with Crippen molar-refractivity contribution in [3.05, 3.63) is 99.3 Å². The Kier molecular flexibility index (Phi) is 9.19. The third kappa shape index (κ3) is 6.77. The lowest BCUT2D eigenvalue weighted by Crippen LogP contribution is -2.03. The summed E-state index contributed by atoms with van der Waals surface area (Å²) >= 11 is 5.10. The molecular weight excluding hydrogens is 536 g/mol. The first-order chi connectivity index (χ1) is 17.6. The van der Waals surface area contributed by atoms with Crippen LogP contribution in [0.5, 0.6) is 11.5 Å². The smallest absolute Gasteiger partial charge is 0.212 e. The minimum atomic E-state index is 0.435. The van der Waals surface area contributed by atoms with Gasteiger partial charge in [-0.3, -0.25) is 0 Å². The maximum absolute atomic E-state index is 6.23. The third-order valence-corrected chi connectivity index (χ3v) is 6.96. The van der Waals surface area contributed by atoms with Crippen molar-refractivity contribution in [2.45, 2.75) is 44.2 Å². The topological polar surface area (TPSA) is 61.5 Å². The SMILES string of the molecule is CCCc1nnc(SCc2ccc(Br)cc2)n1/N=C/c1cccc(OC)c1OCc1cccc(C)c1. The van der Waals surface area contributed by atoms with Crippen molar-refractivity contribution in [2.24, 2.45) is 5.10 Å². The number of nitrogens with zero attached hydrogens (tertiary/aromatic N) is 4. The maximum atomic E-state index is 6.23. The molecule has 0 N–H and O–H groups in total. The summed E-state index contributed by atoms with van der Waals surface area (Å²) in [6.45, 7) is 4.63. The van der Waals surface area contributed by atoms with Crippen molar-refractivity contribution < 1.29 is 9.47 Å². The summed E-state index contributed by atoms with van der Waals surface area (Å²) in [6, 6.07) is 22.4. The largest absolute Gasteiger partial charge is 0.493 e. The molecule has 0 saturated carbocycles. The molecule has 0 aliphatic carbocycles. The van der Waals surface area contributed by atoms with E-state index in [4.69, 9.17) is 14.6 Å². The van der Waals surface area contributed by atoms with E-state index in [1.807, 2.05) is 41.1 Å². The first-order valence-corrected chi connectivity index (χ1v) is 13.6. The Balaban J connectivity index is 1.58. The molecule has 0 atom stereocenters. The highest BCUT2D eigenvalue weighted by Gasteiger charge is 2.14. The number of halogens is 1. The predicted molar refractivity (Wildman–Crippen MR) is 149 cm³/mol. The van der Waals surface area contributed by atoms with Gasteiger partial charge in [-0.25, -0.2) is 0 Å². The summed E-state index contributed by atoms with van der Waals surface area (Å²) in [7, 11) is 1.64. The van der Waals surface area contributed by atoms with Crippen LogP contribution < -0.4 is 9.47 Å². The van der Waals surface area contributed by atoms with Crippen LogP contribution in [-0.4, -0.2) is 28.2 Å². The Hall–Kier alpha value is -3.10. The summed E-state index contributed by atoms with van der Waals surface area (Å²) in [5.74, 6) is 2.92. The molecule has 0 spiro atoms. The molecule has 4 aromatic rings. The highest BCUT2D eigenvalue weighted by molar-refractivity contribution is 9.10. The van der Waals surface area contributed by atoms with E-state index < -0.39 is 0 Å². The molecule has 186 valence electrons. The van der Waals surface area contributed by atoms with Crippen LogP contribution >= 0.6 is 27.7 Å². The normalized spacial score (nSPS) is 11.2. The average molecular weight is 566 g/mol. The number of para-hydroxylation sites is 1. The molecule has 0 amide bonds. The van der Waals surface area contributed by atoms with Crippen LogP contribution in [0.3, 0.4) is 0 Å². The van der Waals surface area contributed by atoms with E-state index in [1.165, 1.54) is 11.1 Å². The van der Waals surface area contributed by atoms with Gasteiger partial charge in [-0.1, -0.05) is 82.6 Å². The number of benzene rings is 3. The minimum absolute atomic E-state index is 0.435. The van der Waals surface area contributed by atoms with Gasteiger partial charge in [-0.2, -0.15) is 9.78 Å². The number of aromatic nitrogens is 3. The van der Waals surface area contributed by atoms with Gasteiger partial charge in [0.05, 0.1) is 13.3 Å². The van der Waals surface area contributed by atoms with Gasteiger partial charge in [-0.05, 0) is 48.7 Å². The maximum Gasteiger partial charge on any atom is 0.212 e. The highest BCUT2D eigenvalue weighted by Crippen LogP contribution is 2.31. The minimum Gasteiger partial charge on any atom is -0.493 e. The third-order valence-electron chi connectivity index (χ3n) is 5.44. The molecule has 0 aliphatic rings. The van der Waals surface area contributed by atoms with Crippen molar-refractivity contribution >= 4 is 33.9 Å². The lowest BCUT2D eigenvalue weighted by atomic mass is 10.1. The fraction of sp³-hybridized carbons (Fsp3) is 0.250. The van der Waals surface area contributed by atoms with E-state index in [9.17, 15) is 0 Å². The van der Waals surface area contributed by atoms with E-state index >= 15 is 0 Å². The molecule has 6 nitrogen and oxygen atoms in total. The average Bonchev–Trinajstić information content (AvgIpc) is 3.27. The molecule has 1 heterocycles. The Labute approximate surface area is 224 Å². The second-order valence-corrected chi connectivity index (χ2v) is 10.1. The van der Waals surface area contributed by atoms with Gasteiger partial charge in [-0.15, -0.1) is 10.2 Å². The van der Waals surface area contributed by atoms with Crippen molar-refractivity contribution in [1.29, 1.82) is 0 Å². The number of ether oxygens (including phenoxy) is 2. The zero-order chi connectivity index (χ0) is 25.3. The van der Waals surface area contributed by atoms with Gasteiger partial charge in [0.15, 0.2) is 17.3 Å². The van der Waals surface area contributed by atoms with E-state index in [-0.39, 0.29) is 0 Å². The molecule has 0 bridgehead atoms. The molecule has 0 aliphatic heterocycles. The van der Waals surface area contributed by atoms with Gasteiger partial charge in [0, 0.05) is 22.2 Å². The van der Waals surface area contributed by atoms with Gasteiger partial charge in [0.1, 0.15) is 6.61 Å². The number of hydrogen-bond acceptors (Lipinski definition) is 6. The number of aryl methyl sites for hydroxylation is 2.